The molecule has 0 aliphatic heterocycles. The lowest BCUT2D eigenvalue weighted by Crippen LogP contribution is -2.28. The van der Waals surface area contributed by atoms with Crippen LogP contribution in [0.15, 0.2) is 34.2 Å². The van der Waals surface area contributed by atoms with E-state index in [4.69, 9.17) is 0 Å². The summed E-state index contributed by atoms with van der Waals surface area (Å²) in [5.74, 6) is 0.987. The van der Waals surface area contributed by atoms with E-state index in [1.165, 1.54) is 16.7 Å². The van der Waals surface area contributed by atoms with Crippen molar-refractivity contribution >= 4 is 29.4 Å². The molecule has 0 N–H and O–H groups in total. The summed E-state index contributed by atoms with van der Waals surface area (Å²) in [6.07, 6.45) is 4.00. The van der Waals surface area contributed by atoms with E-state index in [1.54, 1.807) is 16.7 Å². The SMILES string of the molecule is CSc1ccc(CN(C)C(=O)c2c(C)nc(C(C)C)nc2SC)cc1. The van der Waals surface area contributed by atoms with Gasteiger partial charge in [-0.15, -0.1) is 23.5 Å². The Morgan fingerprint density at radius 2 is 1.76 bits per heavy atom. The van der Waals surface area contributed by atoms with Crippen LogP contribution < -0.4 is 0 Å². The van der Waals surface area contributed by atoms with E-state index in [2.05, 4.69) is 54.3 Å². The van der Waals surface area contributed by atoms with Crippen molar-refractivity contribution in [2.45, 2.75) is 43.2 Å². The molecule has 0 unspecified atom stereocenters. The van der Waals surface area contributed by atoms with Gasteiger partial charge in [0.15, 0.2) is 0 Å². The Morgan fingerprint density at radius 1 is 1.12 bits per heavy atom. The Kier molecular flexibility index (Phi) is 6.90. The van der Waals surface area contributed by atoms with Crippen molar-refractivity contribution in [3.8, 4) is 0 Å². The van der Waals surface area contributed by atoms with Crippen molar-refractivity contribution in [3.63, 3.8) is 0 Å². The van der Waals surface area contributed by atoms with E-state index in [0.717, 1.165) is 22.1 Å². The average molecular weight is 376 g/mol. The molecular weight excluding hydrogens is 350 g/mol. The number of carbonyl (C=O) groups is 1. The third-order valence-corrected chi connectivity index (χ3v) is 5.35. The molecule has 0 radical (unpaired) electrons. The molecule has 25 heavy (non-hydrogen) atoms. The number of hydrogen-bond acceptors (Lipinski definition) is 5. The van der Waals surface area contributed by atoms with Gasteiger partial charge in [-0.25, -0.2) is 9.97 Å². The molecule has 1 aromatic carbocycles. The van der Waals surface area contributed by atoms with Crippen molar-refractivity contribution in [2.75, 3.05) is 19.6 Å². The molecule has 4 nitrogen and oxygen atoms in total. The fraction of sp³-hybridized carbons (Fsp3) is 0.421. The largest absolute Gasteiger partial charge is 0.337 e. The molecule has 6 heteroatoms. The van der Waals surface area contributed by atoms with Crippen LogP contribution in [-0.2, 0) is 6.54 Å². The average Bonchev–Trinajstić information content (AvgIpc) is 2.60. The van der Waals surface area contributed by atoms with Gasteiger partial charge in [0, 0.05) is 24.4 Å². The molecule has 0 spiro atoms. The highest BCUT2D eigenvalue weighted by Crippen LogP contribution is 2.25. The molecule has 1 heterocycles. The van der Waals surface area contributed by atoms with Crippen LogP contribution in [0.2, 0.25) is 0 Å². The minimum Gasteiger partial charge on any atom is -0.337 e. The molecule has 0 fully saturated rings. The molecule has 0 saturated carbocycles. The van der Waals surface area contributed by atoms with Crippen LogP contribution in [0.25, 0.3) is 0 Å². The fourth-order valence-corrected chi connectivity index (χ4v) is 3.52. The van der Waals surface area contributed by atoms with Gasteiger partial charge in [-0.1, -0.05) is 26.0 Å². The second kappa shape index (κ2) is 8.72. The number of nitrogens with zero attached hydrogens (tertiary/aromatic N) is 3. The lowest BCUT2D eigenvalue weighted by molar-refractivity contribution is 0.0779. The van der Waals surface area contributed by atoms with Crippen LogP contribution in [0.4, 0.5) is 0 Å². The maximum absolute atomic E-state index is 13.0. The number of amides is 1. The first-order chi connectivity index (χ1) is 11.9. The molecule has 2 aromatic rings. The summed E-state index contributed by atoms with van der Waals surface area (Å²) in [6, 6.07) is 8.29. The number of aryl methyl sites for hydroxylation is 1. The highest BCUT2D eigenvalue weighted by molar-refractivity contribution is 7.98. The minimum absolute atomic E-state index is 0.0360. The smallest absolute Gasteiger partial charge is 0.258 e. The zero-order valence-corrected chi connectivity index (χ0v) is 17.3. The quantitative estimate of drug-likeness (QED) is 0.544. The van der Waals surface area contributed by atoms with Crippen LogP contribution in [0.5, 0.6) is 0 Å². The van der Waals surface area contributed by atoms with Crippen LogP contribution in [-0.4, -0.2) is 40.3 Å². The minimum atomic E-state index is -0.0360. The third-order valence-electron chi connectivity index (χ3n) is 3.92. The molecule has 0 atom stereocenters. The second-order valence-electron chi connectivity index (χ2n) is 6.22. The molecular formula is C19H25N3OS2. The molecule has 0 aliphatic rings. The summed E-state index contributed by atoms with van der Waals surface area (Å²) in [5, 5.41) is 0.755. The summed E-state index contributed by atoms with van der Waals surface area (Å²) in [6.45, 7) is 6.57. The predicted octanol–water partition coefficient (Wildman–Crippen LogP) is 4.62. The molecule has 0 saturated heterocycles. The number of thioether (sulfide) groups is 2. The van der Waals surface area contributed by atoms with E-state index < -0.39 is 0 Å². The number of hydrogen-bond donors (Lipinski definition) is 0. The second-order valence-corrected chi connectivity index (χ2v) is 7.89. The van der Waals surface area contributed by atoms with Gasteiger partial charge in [-0.3, -0.25) is 4.79 Å². The Bertz CT molecular complexity index is 745. The number of rotatable bonds is 6. The molecule has 1 aromatic heterocycles. The van der Waals surface area contributed by atoms with E-state index in [9.17, 15) is 4.79 Å². The maximum Gasteiger partial charge on any atom is 0.258 e. The summed E-state index contributed by atoms with van der Waals surface area (Å²) >= 11 is 3.21. The van der Waals surface area contributed by atoms with Crippen molar-refractivity contribution in [3.05, 3.63) is 46.9 Å². The van der Waals surface area contributed by atoms with Gasteiger partial charge in [0.2, 0.25) is 0 Å². The lowest BCUT2D eigenvalue weighted by Gasteiger charge is -2.20. The first kappa shape index (κ1) is 19.8. The van der Waals surface area contributed by atoms with E-state index in [1.807, 2.05) is 20.2 Å². The highest BCUT2D eigenvalue weighted by Gasteiger charge is 2.22. The summed E-state index contributed by atoms with van der Waals surface area (Å²) in [5.41, 5.74) is 2.47. The van der Waals surface area contributed by atoms with Gasteiger partial charge in [-0.2, -0.15) is 0 Å². The number of carbonyl (C=O) groups excluding carboxylic acids is 1. The van der Waals surface area contributed by atoms with Crippen LogP contribution in [0, 0.1) is 6.92 Å². The molecule has 134 valence electrons. The Hall–Kier alpha value is -1.53. The van der Waals surface area contributed by atoms with Crippen molar-refractivity contribution in [1.29, 1.82) is 0 Å². The highest BCUT2D eigenvalue weighted by atomic mass is 32.2. The Balaban J connectivity index is 2.26. The fourth-order valence-electron chi connectivity index (χ4n) is 2.49. The topological polar surface area (TPSA) is 46.1 Å². The van der Waals surface area contributed by atoms with Gasteiger partial charge in [0.25, 0.3) is 5.91 Å². The monoisotopic (exact) mass is 375 g/mol. The number of aromatic nitrogens is 2. The van der Waals surface area contributed by atoms with E-state index in [0.29, 0.717) is 12.1 Å². The van der Waals surface area contributed by atoms with Gasteiger partial charge < -0.3 is 4.90 Å². The van der Waals surface area contributed by atoms with E-state index in [-0.39, 0.29) is 11.8 Å². The van der Waals surface area contributed by atoms with Gasteiger partial charge in [0.1, 0.15) is 10.9 Å². The first-order valence-corrected chi connectivity index (χ1v) is 10.6. The Labute approximate surface area is 158 Å². The van der Waals surface area contributed by atoms with Crippen LogP contribution in [0.3, 0.4) is 0 Å². The third kappa shape index (κ3) is 4.76. The van der Waals surface area contributed by atoms with Crippen molar-refractivity contribution in [2.24, 2.45) is 0 Å². The molecule has 0 bridgehead atoms. The predicted molar refractivity (Wildman–Crippen MR) is 107 cm³/mol. The zero-order valence-electron chi connectivity index (χ0n) is 15.7. The number of benzene rings is 1. The van der Waals surface area contributed by atoms with Gasteiger partial charge in [0.05, 0.1) is 11.3 Å². The van der Waals surface area contributed by atoms with Gasteiger partial charge in [-0.05, 0) is 37.1 Å². The summed E-state index contributed by atoms with van der Waals surface area (Å²) < 4.78 is 0. The van der Waals surface area contributed by atoms with Crippen molar-refractivity contribution < 1.29 is 4.79 Å². The molecule has 0 aliphatic carbocycles. The Morgan fingerprint density at radius 3 is 2.28 bits per heavy atom. The van der Waals surface area contributed by atoms with Gasteiger partial charge >= 0.3 is 0 Å². The summed E-state index contributed by atoms with van der Waals surface area (Å²) in [4.78, 5) is 25.1. The molecule has 2 rings (SSSR count). The normalized spacial score (nSPS) is 11.0. The van der Waals surface area contributed by atoms with Crippen LogP contribution in [0.1, 0.15) is 47.2 Å². The molecule has 1 amide bonds. The standard InChI is InChI=1S/C19H25N3OS2/c1-12(2)17-20-13(3)16(18(21-17)25-6)19(23)22(4)11-14-7-9-15(24-5)10-8-14/h7-10,12H,11H2,1-6H3. The van der Waals surface area contributed by atoms with Crippen LogP contribution >= 0.6 is 23.5 Å². The first-order valence-electron chi connectivity index (χ1n) is 8.18. The summed E-state index contributed by atoms with van der Waals surface area (Å²) in [7, 11) is 1.82. The van der Waals surface area contributed by atoms with Crippen molar-refractivity contribution in [1.82, 2.24) is 14.9 Å². The maximum atomic E-state index is 13.0. The lowest BCUT2D eigenvalue weighted by atomic mass is 10.1. The zero-order chi connectivity index (χ0) is 18.6. The van der Waals surface area contributed by atoms with E-state index >= 15 is 0 Å².